The fourth-order valence-corrected chi connectivity index (χ4v) is 2.15. The Morgan fingerprint density at radius 2 is 2.09 bits per heavy atom. The third-order valence-corrected chi connectivity index (χ3v) is 3.49. The molecule has 3 aromatic rings. The van der Waals surface area contributed by atoms with E-state index in [9.17, 15) is 9.18 Å². The molecular weight excluding hydrogens is 297 g/mol. The number of halogens is 1. The molecule has 0 atom stereocenters. The molecule has 23 heavy (non-hydrogen) atoms. The summed E-state index contributed by atoms with van der Waals surface area (Å²) >= 11 is 0. The van der Waals surface area contributed by atoms with Gasteiger partial charge < -0.3 is 9.88 Å². The Hall–Kier alpha value is -3.09. The van der Waals surface area contributed by atoms with Crippen LogP contribution in [0.1, 0.15) is 16.2 Å². The Morgan fingerprint density at radius 3 is 2.78 bits per heavy atom. The van der Waals surface area contributed by atoms with E-state index >= 15 is 0 Å². The number of aromatic nitrogens is 4. The number of benzene rings is 1. The molecule has 0 unspecified atom stereocenters. The first-order chi connectivity index (χ1) is 11.1. The summed E-state index contributed by atoms with van der Waals surface area (Å²) in [6, 6.07) is 6.86. The Morgan fingerprint density at radius 1 is 1.26 bits per heavy atom. The number of aryl methyl sites for hydroxylation is 1. The second-order valence-electron chi connectivity index (χ2n) is 5.01. The molecule has 0 aliphatic rings. The smallest absolute Gasteiger partial charge is 0.227 e. The van der Waals surface area contributed by atoms with Crippen LogP contribution in [-0.2, 0) is 7.05 Å². The lowest BCUT2D eigenvalue weighted by Crippen LogP contribution is -2.03. The number of nitrogens with one attached hydrogen (secondary N) is 1. The van der Waals surface area contributed by atoms with Crippen molar-refractivity contribution in [1.82, 2.24) is 19.5 Å². The van der Waals surface area contributed by atoms with Gasteiger partial charge >= 0.3 is 0 Å². The molecule has 2 aromatic heterocycles. The summed E-state index contributed by atoms with van der Waals surface area (Å²) in [6.45, 7) is 1.83. The van der Waals surface area contributed by atoms with E-state index in [1.807, 2.05) is 6.92 Å². The van der Waals surface area contributed by atoms with E-state index in [-0.39, 0.29) is 11.6 Å². The molecule has 1 aromatic carbocycles. The van der Waals surface area contributed by atoms with Crippen molar-refractivity contribution in [2.75, 3.05) is 5.32 Å². The highest BCUT2D eigenvalue weighted by molar-refractivity contribution is 5.77. The number of anilines is 2. The molecule has 0 saturated carbocycles. The van der Waals surface area contributed by atoms with Crippen molar-refractivity contribution >= 4 is 17.9 Å². The van der Waals surface area contributed by atoms with Crippen LogP contribution in [0.25, 0.3) is 11.4 Å². The standard InChI is InChI=1S/C16H14FN5O/c1-10-18-8-14(22(10)2)15-13(17)7-19-16(21-15)20-12-5-3-4-11(6-12)9-23/h3-9H,1-2H3,(H,19,20,21). The molecule has 0 spiro atoms. The van der Waals surface area contributed by atoms with E-state index in [1.54, 1.807) is 42.1 Å². The Labute approximate surface area is 132 Å². The maximum absolute atomic E-state index is 14.1. The van der Waals surface area contributed by atoms with Gasteiger partial charge in [0.1, 0.15) is 17.8 Å². The van der Waals surface area contributed by atoms with Gasteiger partial charge in [-0.15, -0.1) is 0 Å². The van der Waals surface area contributed by atoms with Crippen LogP contribution in [0.2, 0.25) is 0 Å². The molecule has 0 saturated heterocycles. The zero-order valence-electron chi connectivity index (χ0n) is 12.6. The van der Waals surface area contributed by atoms with E-state index in [2.05, 4.69) is 20.3 Å². The first-order valence-electron chi connectivity index (χ1n) is 6.92. The van der Waals surface area contributed by atoms with Crippen molar-refractivity contribution in [2.45, 2.75) is 6.92 Å². The van der Waals surface area contributed by atoms with Gasteiger partial charge in [-0.1, -0.05) is 12.1 Å². The molecule has 6 nitrogen and oxygen atoms in total. The van der Waals surface area contributed by atoms with Gasteiger partial charge in [-0.25, -0.2) is 19.3 Å². The molecule has 1 N–H and O–H groups in total. The second-order valence-corrected chi connectivity index (χ2v) is 5.01. The topological polar surface area (TPSA) is 72.7 Å². The van der Waals surface area contributed by atoms with Crippen molar-refractivity contribution in [1.29, 1.82) is 0 Å². The summed E-state index contributed by atoms with van der Waals surface area (Å²) in [6.07, 6.45) is 3.43. The first kappa shape index (κ1) is 14.8. The highest BCUT2D eigenvalue weighted by Crippen LogP contribution is 2.23. The molecule has 0 aliphatic carbocycles. The van der Waals surface area contributed by atoms with Gasteiger partial charge in [0.05, 0.1) is 18.1 Å². The maximum Gasteiger partial charge on any atom is 0.227 e. The lowest BCUT2D eigenvalue weighted by Gasteiger charge is -2.08. The number of rotatable bonds is 4. The molecule has 7 heteroatoms. The largest absolute Gasteiger partial charge is 0.330 e. The molecule has 2 heterocycles. The number of hydrogen-bond donors (Lipinski definition) is 1. The lowest BCUT2D eigenvalue weighted by molar-refractivity contribution is 0.112. The quantitative estimate of drug-likeness (QED) is 0.750. The van der Waals surface area contributed by atoms with Crippen molar-refractivity contribution in [3.8, 4) is 11.4 Å². The molecule has 0 amide bonds. The van der Waals surface area contributed by atoms with Gasteiger partial charge in [-0.05, 0) is 19.1 Å². The minimum absolute atomic E-state index is 0.164. The number of carbonyl (C=O) groups is 1. The summed E-state index contributed by atoms with van der Waals surface area (Å²) in [7, 11) is 1.79. The maximum atomic E-state index is 14.1. The van der Waals surface area contributed by atoms with Crippen molar-refractivity contribution in [3.63, 3.8) is 0 Å². The summed E-state index contributed by atoms with van der Waals surface area (Å²) in [5.41, 5.74) is 1.90. The van der Waals surface area contributed by atoms with Gasteiger partial charge in [0.2, 0.25) is 5.95 Å². The van der Waals surface area contributed by atoms with Crippen molar-refractivity contribution in [2.24, 2.45) is 7.05 Å². The van der Waals surface area contributed by atoms with E-state index in [1.165, 1.54) is 0 Å². The molecule has 0 bridgehead atoms. The van der Waals surface area contributed by atoms with E-state index < -0.39 is 5.82 Å². The molecule has 3 rings (SSSR count). The van der Waals surface area contributed by atoms with Gasteiger partial charge in [0.25, 0.3) is 0 Å². The normalized spacial score (nSPS) is 10.6. The van der Waals surface area contributed by atoms with Crippen LogP contribution in [0.4, 0.5) is 16.0 Å². The summed E-state index contributed by atoms with van der Waals surface area (Å²) in [4.78, 5) is 23.1. The molecule has 116 valence electrons. The fourth-order valence-electron chi connectivity index (χ4n) is 2.15. The van der Waals surface area contributed by atoms with Crippen LogP contribution < -0.4 is 5.32 Å². The lowest BCUT2D eigenvalue weighted by atomic mass is 10.2. The number of nitrogens with zero attached hydrogens (tertiary/aromatic N) is 4. The van der Waals surface area contributed by atoms with Crippen LogP contribution in [0.3, 0.4) is 0 Å². The van der Waals surface area contributed by atoms with Gasteiger partial charge in [-0.3, -0.25) is 4.79 Å². The van der Waals surface area contributed by atoms with E-state index in [4.69, 9.17) is 0 Å². The number of carbonyl (C=O) groups excluding carboxylic acids is 1. The first-order valence-corrected chi connectivity index (χ1v) is 6.92. The Bertz CT molecular complexity index is 875. The van der Waals surface area contributed by atoms with Crippen LogP contribution in [-0.4, -0.2) is 25.8 Å². The average Bonchev–Trinajstić information content (AvgIpc) is 2.89. The Balaban J connectivity index is 1.97. The predicted octanol–water partition coefficient (Wildman–Crippen LogP) is 2.88. The summed E-state index contributed by atoms with van der Waals surface area (Å²) < 4.78 is 15.8. The predicted molar refractivity (Wildman–Crippen MR) is 84.0 cm³/mol. The monoisotopic (exact) mass is 311 g/mol. The van der Waals surface area contributed by atoms with Crippen LogP contribution >= 0.6 is 0 Å². The molecule has 0 radical (unpaired) electrons. The number of aldehydes is 1. The second kappa shape index (κ2) is 5.96. The zero-order chi connectivity index (χ0) is 16.4. The third-order valence-electron chi connectivity index (χ3n) is 3.49. The zero-order valence-corrected chi connectivity index (χ0v) is 12.6. The molecule has 0 aliphatic heterocycles. The number of imidazole rings is 1. The molecular formula is C16H14FN5O. The minimum atomic E-state index is -0.528. The molecule has 0 fully saturated rings. The average molecular weight is 311 g/mol. The van der Waals surface area contributed by atoms with Crippen molar-refractivity contribution < 1.29 is 9.18 Å². The highest BCUT2D eigenvalue weighted by atomic mass is 19.1. The Kier molecular flexibility index (Phi) is 3.84. The van der Waals surface area contributed by atoms with Crippen molar-refractivity contribution in [3.05, 3.63) is 53.9 Å². The van der Waals surface area contributed by atoms with Crippen LogP contribution in [0, 0.1) is 12.7 Å². The van der Waals surface area contributed by atoms with Crippen LogP contribution in [0.5, 0.6) is 0 Å². The summed E-state index contributed by atoms with van der Waals surface area (Å²) in [5, 5.41) is 2.96. The van der Waals surface area contributed by atoms with Gasteiger partial charge in [0.15, 0.2) is 5.82 Å². The van der Waals surface area contributed by atoms with E-state index in [0.29, 0.717) is 16.9 Å². The fraction of sp³-hybridized carbons (Fsp3) is 0.125. The summed E-state index contributed by atoms with van der Waals surface area (Å²) in [5.74, 6) is 0.467. The van der Waals surface area contributed by atoms with Gasteiger partial charge in [0, 0.05) is 18.3 Å². The van der Waals surface area contributed by atoms with Crippen LogP contribution in [0.15, 0.2) is 36.7 Å². The van der Waals surface area contributed by atoms with E-state index in [0.717, 1.165) is 18.3 Å². The van der Waals surface area contributed by atoms with Gasteiger partial charge in [-0.2, -0.15) is 0 Å². The minimum Gasteiger partial charge on any atom is -0.330 e. The third kappa shape index (κ3) is 2.94. The number of hydrogen-bond acceptors (Lipinski definition) is 5. The highest BCUT2D eigenvalue weighted by Gasteiger charge is 2.14. The SMILES string of the molecule is Cc1ncc(-c2nc(Nc3cccc(C=O)c3)ncc2F)n1C.